The lowest BCUT2D eigenvalue weighted by atomic mass is 10.2. The predicted octanol–water partition coefficient (Wildman–Crippen LogP) is -0.546. The van der Waals surface area contributed by atoms with Gasteiger partial charge in [0.2, 0.25) is 0 Å². The lowest BCUT2D eigenvalue weighted by molar-refractivity contribution is 0.256. The summed E-state index contributed by atoms with van der Waals surface area (Å²) in [5.74, 6) is 0.264. The molecule has 2 N–H and O–H groups in total. The molecule has 1 heterocycles. The highest BCUT2D eigenvalue weighted by Gasteiger charge is 2.39. The Morgan fingerprint density at radius 3 is 2.54 bits per heavy atom. The minimum absolute atomic E-state index is 0.264. The van der Waals surface area contributed by atoms with Gasteiger partial charge in [-0.1, -0.05) is 0 Å². The molecule has 0 radical (unpaired) electrons. The monoisotopic (exact) mass is 206 g/mol. The average molecular weight is 206 g/mol. The molecule has 0 bridgehead atoms. The fraction of sp³-hybridized carbons (Fsp3) is 1.00. The second kappa shape index (κ2) is 3.55. The lowest BCUT2D eigenvalue weighted by Gasteiger charge is -2.37. The van der Waals surface area contributed by atoms with Crippen LogP contribution >= 0.6 is 0 Å². The average Bonchev–Trinajstić information content (AvgIpc) is 1.98. The van der Waals surface area contributed by atoms with Gasteiger partial charge in [0.15, 0.2) is 9.84 Å². The van der Waals surface area contributed by atoms with Crippen LogP contribution in [0.25, 0.3) is 0 Å². The second-order valence-corrected chi connectivity index (χ2v) is 6.89. The maximum Gasteiger partial charge on any atom is 0.157 e. The van der Waals surface area contributed by atoms with E-state index in [2.05, 4.69) is 4.90 Å². The number of nitrogens with two attached hydrogens (primary N) is 1. The van der Waals surface area contributed by atoms with Gasteiger partial charge >= 0.3 is 0 Å². The Morgan fingerprint density at radius 1 is 1.46 bits per heavy atom. The number of rotatable bonds is 2. The molecule has 0 spiro atoms. The normalized spacial score (nSPS) is 27.3. The van der Waals surface area contributed by atoms with E-state index >= 15 is 0 Å². The highest BCUT2D eigenvalue weighted by Crippen LogP contribution is 2.23. The summed E-state index contributed by atoms with van der Waals surface area (Å²) in [5.41, 5.74) is 5.42. The van der Waals surface area contributed by atoms with Crippen LogP contribution in [0.2, 0.25) is 0 Å². The van der Waals surface area contributed by atoms with Crippen molar-refractivity contribution < 1.29 is 8.42 Å². The third-order valence-electron chi connectivity index (χ3n) is 2.57. The van der Waals surface area contributed by atoms with Crippen LogP contribution in [0.5, 0.6) is 0 Å². The fourth-order valence-electron chi connectivity index (χ4n) is 1.61. The third-order valence-corrected chi connectivity index (χ3v) is 5.10. The van der Waals surface area contributed by atoms with Crippen molar-refractivity contribution in [2.24, 2.45) is 5.73 Å². The summed E-state index contributed by atoms with van der Waals surface area (Å²) in [6, 6.07) is 0. The van der Waals surface area contributed by atoms with Gasteiger partial charge < -0.3 is 5.73 Å². The molecule has 0 aromatic rings. The molecular formula is C8H18N2O2S. The molecule has 1 aliphatic heterocycles. The zero-order chi connectivity index (χ0) is 10.1. The van der Waals surface area contributed by atoms with Crippen molar-refractivity contribution in [1.29, 1.82) is 0 Å². The van der Waals surface area contributed by atoms with Crippen molar-refractivity contribution in [2.45, 2.75) is 18.6 Å². The van der Waals surface area contributed by atoms with Crippen LogP contribution in [-0.2, 0) is 9.84 Å². The van der Waals surface area contributed by atoms with Gasteiger partial charge in [-0.05, 0) is 13.8 Å². The summed E-state index contributed by atoms with van der Waals surface area (Å²) < 4.78 is 22.6. The van der Waals surface area contributed by atoms with Gasteiger partial charge in [0.05, 0.1) is 10.5 Å². The van der Waals surface area contributed by atoms with Crippen LogP contribution in [0.15, 0.2) is 0 Å². The molecule has 4 nitrogen and oxygen atoms in total. The van der Waals surface area contributed by atoms with Gasteiger partial charge in [-0.25, -0.2) is 8.42 Å². The molecule has 5 heteroatoms. The minimum Gasteiger partial charge on any atom is -0.329 e. The van der Waals surface area contributed by atoms with E-state index in [1.165, 1.54) is 0 Å². The number of sulfone groups is 1. The maximum atomic E-state index is 11.6. The van der Waals surface area contributed by atoms with E-state index in [4.69, 9.17) is 5.73 Å². The summed E-state index contributed by atoms with van der Waals surface area (Å²) in [5, 5.41) is 0. The first-order valence-corrected chi connectivity index (χ1v) is 6.19. The topological polar surface area (TPSA) is 63.4 Å². The van der Waals surface area contributed by atoms with E-state index in [0.717, 1.165) is 6.54 Å². The highest BCUT2D eigenvalue weighted by molar-refractivity contribution is 7.92. The molecule has 1 rings (SSSR count). The SMILES string of the molecule is CC1(C)CN(CCN)CCS1(=O)=O. The Kier molecular flexibility index (Phi) is 2.99. The van der Waals surface area contributed by atoms with E-state index in [1.807, 2.05) is 0 Å². The van der Waals surface area contributed by atoms with Crippen molar-refractivity contribution >= 4 is 9.84 Å². The molecule has 0 atom stereocenters. The molecule has 0 amide bonds. The van der Waals surface area contributed by atoms with E-state index in [9.17, 15) is 8.42 Å². The van der Waals surface area contributed by atoms with Crippen LogP contribution in [0.1, 0.15) is 13.8 Å². The number of nitrogens with zero attached hydrogens (tertiary/aromatic N) is 1. The lowest BCUT2D eigenvalue weighted by Crippen LogP contribution is -2.53. The summed E-state index contributed by atoms with van der Waals surface area (Å²) in [7, 11) is -2.89. The Balaban J connectivity index is 2.71. The molecule has 0 unspecified atom stereocenters. The molecule has 0 aliphatic carbocycles. The highest BCUT2D eigenvalue weighted by atomic mass is 32.2. The van der Waals surface area contributed by atoms with Crippen molar-refractivity contribution in [3.63, 3.8) is 0 Å². The van der Waals surface area contributed by atoms with Gasteiger partial charge in [-0.3, -0.25) is 4.90 Å². The van der Waals surface area contributed by atoms with E-state index in [0.29, 0.717) is 19.6 Å². The van der Waals surface area contributed by atoms with Gasteiger partial charge in [0.1, 0.15) is 0 Å². The van der Waals surface area contributed by atoms with Crippen molar-refractivity contribution in [3.05, 3.63) is 0 Å². The molecule has 1 aliphatic rings. The van der Waals surface area contributed by atoms with Crippen LogP contribution < -0.4 is 5.73 Å². The summed E-state index contributed by atoms with van der Waals surface area (Å²) in [6.07, 6.45) is 0. The van der Waals surface area contributed by atoms with E-state index < -0.39 is 14.6 Å². The number of hydrogen-bond acceptors (Lipinski definition) is 4. The van der Waals surface area contributed by atoms with Gasteiger partial charge in [0, 0.05) is 26.2 Å². The molecule has 13 heavy (non-hydrogen) atoms. The standard InChI is InChI=1S/C8H18N2O2S/c1-8(2)7-10(4-3-9)5-6-13(8,11)12/h3-7,9H2,1-2H3. The van der Waals surface area contributed by atoms with Gasteiger partial charge in [-0.2, -0.15) is 0 Å². The van der Waals surface area contributed by atoms with Gasteiger partial charge in [0.25, 0.3) is 0 Å². The molecule has 1 fully saturated rings. The molecule has 1 saturated heterocycles. The van der Waals surface area contributed by atoms with Crippen molar-refractivity contribution in [2.75, 3.05) is 31.9 Å². The number of hydrogen-bond donors (Lipinski definition) is 1. The first-order chi connectivity index (χ1) is 5.89. The Morgan fingerprint density at radius 2 is 2.08 bits per heavy atom. The van der Waals surface area contributed by atoms with Crippen molar-refractivity contribution in [1.82, 2.24) is 4.90 Å². The van der Waals surface area contributed by atoms with Gasteiger partial charge in [-0.15, -0.1) is 0 Å². The fourth-order valence-corrected chi connectivity index (χ4v) is 3.05. The first kappa shape index (κ1) is 10.9. The smallest absolute Gasteiger partial charge is 0.157 e. The van der Waals surface area contributed by atoms with Crippen LogP contribution in [-0.4, -0.2) is 50.0 Å². The quantitative estimate of drug-likeness (QED) is 0.659. The second-order valence-electron chi connectivity index (χ2n) is 4.14. The van der Waals surface area contributed by atoms with E-state index in [-0.39, 0.29) is 5.75 Å². The largest absolute Gasteiger partial charge is 0.329 e. The van der Waals surface area contributed by atoms with Crippen LogP contribution in [0, 0.1) is 0 Å². The molecule has 0 aromatic heterocycles. The zero-order valence-electron chi connectivity index (χ0n) is 8.28. The van der Waals surface area contributed by atoms with Crippen LogP contribution in [0.4, 0.5) is 0 Å². The summed E-state index contributed by atoms with van der Waals surface area (Å²) in [6.45, 7) is 6.18. The third kappa shape index (κ3) is 2.21. The first-order valence-electron chi connectivity index (χ1n) is 4.54. The molecule has 78 valence electrons. The zero-order valence-corrected chi connectivity index (χ0v) is 9.10. The summed E-state index contributed by atoms with van der Waals surface area (Å²) >= 11 is 0. The van der Waals surface area contributed by atoms with Crippen LogP contribution in [0.3, 0.4) is 0 Å². The predicted molar refractivity (Wildman–Crippen MR) is 53.4 cm³/mol. The Bertz CT molecular complexity index is 272. The molecule has 0 saturated carbocycles. The maximum absolute atomic E-state index is 11.6. The van der Waals surface area contributed by atoms with Crippen molar-refractivity contribution in [3.8, 4) is 0 Å². The molecular weight excluding hydrogens is 188 g/mol. The Labute approximate surface area is 80.0 Å². The van der Waals surface area contributed by atoms with E-state index in [1.54, 1.807) is 13.8 Å². The Hall–Kier alpha value is -0.130. The molecule has 0 aromatic carbocycles. The minimum atomic E-state index is -2.89. The summed E-state index contributed by atoms with van der Waals surface area (Å²) in [4.78, 5) is 2.11.